The van der Waals surface area contributed by atoms with E-state index in [-0.39, 0.29) is 5.91 Å². The monoisotopic (exact) mass is 332 g/mol. The van der Waals surface area contributed by atoms with Gasteiger partial charge in [0.15, 0.2) is 0 Å². The number of hydrogen-bond donors (Lipinski definition) is 3. The normalized spacial score (nSPS) is 21.6. The summed E-state index contributed by atoms with van der Waals surface area (Å²) in [7, 11) is 0. The number of carbonyl (C=O) groups is 1. The van der Waals surface area contributed by atoms with Crippen LogP contribution >= 0.6 is 0 Å². The van der Waals surface area contributed by atoms with Crippen molar-refractivity contribution in [3.8, 4) is 0 Å². The second-order valence-electron chi connectivity index (χ2n) is 7.00. The summed E-state index contributed by atoms with van der Waals surface area (Å²) < 4.78 is 0. The van der Waals surface area contributed by atoms with Gasteiger partial charge in [-0.05, 0) is 36.4 Å². The molecule has 0 spiro atoms. The maximum atomic E-state index is 12.0. The van der Waals surface area contributed by atoms with Crippen LogP contribution in [0.5, 0.6) is 0 Å². The van der Waals surface area contributed by atoms with E-state index in [2.05, 4.69) is 48.7 Å². The topological polar surface area (TPSA) is 61.4 Å². The van der Waals surface area contributed by atoms with E-state index < -0.39 is 12.1 Å². The van der Waals surface area contributed by atoms with Crippen molar-refractivity contribution >= 4 is 5.91 Å². The summed E-state index contributed by atoms with van der Waals surface area (Å²) in [5.74, 6) is 0.469. The number of aliphatic hydroxyl groups excluding tert-OH is 1. The van der Waals surface area contributed by atoms with E-state index in [0.717, 1.165) is 5.56 Å². The molecule has 0 bridgehead atoms. The zero-order valence-corrected chi connectivity index (χ0v) is 15.1. The zero-order valence-electron chi connectivity index (χ0n) is 15.1. The lowest BCUT2D eigenvalue weighted by molar-refractivity contribution is -0.124. The van der Waals surface area contributed by atoms with Gasteiger partial charge in [0.05, 0.1) is 6.10 Å². The van der Waals surface area contributed by atoms with Gasteiger partial charge in [0, 0.05) is 6.54 Å². The highest BCUT2D eigenvalue weighted by atomic mass is 16.3. The van der Waals surface area contributed by atoms with Crippen molar-refractivity contribution in [3.63, 3.8) is 0 Å². The minimum atomic E-state index is -0.569. The van der Waals surface area contributed by atoms with Crippen LogP contribution in [0.3, 0.4) is 0 Å². The van der Waals surface area contributed by atoms with Crippen LogP contribution < -0.4 is 10.6 Å². The molecule has 1 fully saturated rings. The van der Waals surface area contributed by atoms with Crippen LogP contribution in [-0.4, -0.2) is 29.7 Å². The highest BCUT2D eigenvalue weighted by Gasteiger charge is 2.30. The number of benzene rings is 1. The maximum Gasteiger partial charge on any atom is 0.240 e. The Morgan fingerprint density at radius 1 is 1.29 bits per heavy atom. The van der Waals surface area contributed by atoms with E-state index in [1.807, 2.05) is 0 Å². The Balaban J connectivity index is 1.76. The molecule has 1 heterocycles. The van der Waals surface area contributed by atoms with Crippen molar-refractivity contribution in [3.05, 3.63) is 35.4 Å². The van der Waals surface area contributed by atoms with Crippen LogP contribution in [0.4, 0.5) is 0 Å². The fourth-order valence-corrected chi connectivity index (χ4v) is 3.26. The molecule has 4 heteroatoms. The van der Waals surface area contributed by atoms with Crippen molar-refractivity contribution in [2.75, 3.05) is 6.54 Å². The predicted octanol–water partition coefficient (Wildman–Crippen LogP) is 3.10. The van der Waals surface area contributed by atoms with Crippen LogP contribution in [0, 0.1) is 0 Å². The van der Waals surface area contributed by atoms with Crippen molar-refractivity contribution in [1.82, 2.24) is 10.6 Å². The molecule has 4 nitrogen and oxygen atoms in total. The molecule has 1 amide bonds. The molecule has 24 heavy (non-hydrogen) atoms. The summed E-state index contributed by atoms with van der Waals surface area (Å²) in [5.41, 5.74) is 2.47. The van der Waals surface area contributed by atoms with Gasteiger partial charge < -0.3 is 15.7 Å². The first-order valence-electron chi connectivity index (χ1n) is 9.39. The molecule has 134 valence electrons. The molecule has 2 unspecified atom stereocenters. The number of nitrogens with one attached hydrogen (secondary N) is 2. The molecular weight excluding hydrogens is 300 g/mol. The third-order valence-corrected chi connectivity index (χ3v) is 4.98. The Labute approximate surface area is 146 Å². The number of carbonyl (C=O) groups excluding carboxylic acids is 1. The molecule has 3 N–H and O–H groups in total. The SMILES string of the molecule is CCCCCCC(C)c1ccc(CNC(=O)C2NCC[C@@H]2O)cc1. The van der Waals surface area contributed by atoms with E-state index in [0.29, 0.717) is 25.4 Å². The first kappa shape index (κ1) is 18.9. The van der Waals surface area contributed by atoms with Crippen LogP contribution in [0.15, 0.2) is 24.3 Å². The van der Waals surface area contributed by atoms with Gasteiger partial charge in [-0.2, -0.15) is 0 Å². The molecule has 0 radical (unpaired) electrons. The third-order valence-electron chi connectivity index (χ3n) is 4.98. The van der Waals surface area contributed by atoms with Gasteiger partial charge in [0.2, 0.25) is 5.91 Å². The van der Waals surface area contributed by atoms with Gasteiger partial charge in [-0.3, -0.25) is 4.79 Å². The average Bonchev–Trinajstić information content (AvgIpc) is 3.03. The van der Waals surface area contributed by atoms with Crippen molar-refractivity contribution < 1.29 is 9.90 Å². The van der Waals surface area contributed by atoms with E-state index in [1.54, 1.807) is 0 Å². The van der Waals surface area contributed by atoms with Crippen molar-refractivity contribution in [1.29, 1.82) is 0 Å². The van der Waals surface area contributed by atoms with Gasteiger partial charge in [0.1, 0.15) is 6.04 Å². The molecule has 3 atom stereocenters. The van der Waals surface area contributed by atoms with Crippen LogP contribution in [0.2, 0.25) is 0 Å². The molecular formula is C20H32N2O2. The van der Waals surface area contributed by atoms with E-state index >= 15 is 0 Å². The fourth-order valence-electron chi connectivity index (χ4n) is 3.26. The molecule has 1 aromatic rings. The standard InChI is InChI=1S/C20H32N2O2/c1-3-4-5-6-7-15(2)17-10-8-16(9-11-17)14-22-20(24)19-18(23)12-13-21-19/h8-11,15,18-19,21,23H,3-7,12-14H2,1-2H3,(H,22,24)/t15?,18-,19?/m0/s1. The number of unbranched alkanes of at least 4 members (excludes halogenated alkanes) is 3. The van der Waals surface area contributed by atoms with Gasteiger partial charge in [-0.25, -0.2) is 0 Å². The molecule has 1 aromatic carbocycles. The first-order valence-corrected chi connectivity index (χ1v) is 9.39. The van der Waals surface area contributed by atoms with Gasteiger partial charge in [-0.15, -0.1) is 0 Å². The number of rotatable bonds is 9. The molecule has 1 aliphatic rings. The minimum Gasteiger partial charge on any atom is -0.391 e. The fraction of sp³-hybridized carbons (Fsp3) is 0.650. The Kier molecular flexibility index (Phi) is 7.73. The Morgan fingerprint density at radius 3 is 2.67 bits per heavy atom. The second kappa shape index (κ2) is 9.80. The van der Waals surface area contributed by atoms with Gasteiger partial charge >= 0.3 is 0 Å². The van der Waals surface area contributed by atoms with Crippen LogP contribution in [-0.2, 0) is 11.3 Å². The van der Waals surface area contributed by atoms with E-state index in [9.17, 15) is 9.90 Å². The molecule has 0 saturated carbocycles. The lowest BCUT2D eigenvalue weighted by Crippen LogP contribution is -2.45. The number of aliphatic hydroxyl groups is 1. The quantitative estimate of drug-likeness (QED) is 0.609. The van der Waals surface area contributed by atoms with Crippen molar-refractivity contribution in [2.45, 2.75) is 77.0 Å². The third kappa shape index (κ3) is 5.60. The Hall–Kier alpha value is -1.39. The zero-order chi connectivity index (χ0) is 17.4. The molecule has 1 saturated heterocycles. The summed E-state index contributed by atoms with van der Waals surface area (Å²) >= 11 is 0. The van der Waals surface area contributed by atoms with Crippen LogP contribution in [0.25, 0.3) is 0 Å². The lowest BCUT2D eigenvalue weighted by Gasteiger charge is -2.15. The van der Waals surface area contributed by atoms with E-state index in [1.165, 1.54) is 37.7 Å². The smallest absolute Gasteiger partial charge is 0.240 e. The van der Waals surface area contributed by atoms with Gasteiger partial charge in [-0.1, -0.05) is 63.8 Å². The second-order valence-corrected chi connectivity index (χ2v) is 7.00. The van der Waals surface area contributed by atoms with E-state index in [4.69, 9.17) is 0 Å². The highest BCUT2D eigenvalue weighted by molar-refractivity contribution is 5.82. The Morgan fingerprint density at radius 2 is 2.04 bits per heavy atom. The molecule has 2 rings (SSSR count). The minimum absolute atomic E-state index is 0.117. The largest absolute Gasteiger partial charge is 0.391 e. The number of hydrogen-bond acceptors (Lipinski definition) is 3. The molecule has 0 aromatic heterocycles. The predicted molar refractivity (Wildman–Crippen MR) is 97.9 cm³/mol. The van der Waals surface area contributed by atoms with Crippen molar-refractivity contribution in [2.24, 2.45) is 0 Å². The molecule has 1 aliphatic heterocycles. The first-order chi connectivity index (χ1) is 11.6. The number of amides is 1. The summed E-state index contributed by atoms with van der Waals surface area (Å²) in [6.45, 7) is 5.74. The maximum absolute atomic E-state index is 12.0. The summed E-state index contributed by atoms with van der Waals surface area (Å²) in [6.07, 6.45) is 6.54. The summed E-state index contributed by atoms with van der Waals surface area (Å²) in [4.78, 5) is 12.0. The van der Waals surface area contributed by atoms with Gasteiger partial charge in [0.25, 0.3) is 0 Å². The average molecular weight is 332 g/mol. The summed E-state index contributed by atoms with van der Waals surface area (Å²) in [6, 6.07) is 8.07. The lowest BCUT2D eigenvalue weighted by atomic mass is 9.94. The highest BCUT2D eigenvalue weighted by Crippen LogP contribution is 2.22. The van der Waals surface area contributed by atoms with Crippen LogP contribution in [0.1, 0.15) is 69.4 Å². The molecule has 0 aliphatic carbocycles. The summed E-state index contributed by atoms with van der Waals surface area (Å²) in [5, 5.41) is 15.7. The Bertz CT molecular complexity index is 501.